The van der Waals surface area contributed by atoms with E-state index in [4.69, 9.17) is 14.7 Å². The van der Waals surface area contributed by atoms with E-state index in [9.17, 15) is 9.59 Å². The van der Waals surface area contributed by atoms with E-state index in [1.54, 1.807) is 26.0 Å². The van der Waals surface area contributed by atoms with Gasteiger partial charge in [-0.1, -0.05) is 6.92 Å². The van der Waals surface area contributed by atoms with E-state index >= 15 is 0 Å². The Balaban J connectivity index is 2.37. The number of ether oxygens (including phenoxy) is 2. The molecule has 0 N–H and O–H groups in total. The Kier molecular flexibility index (Phi) is 5.92. The summed E-state index contributed by atoms with van der Waals surface area (Å²) >= 11 is 0. The van der Waals surface area contributed by atoms with Gasteiger partial charge in [0.15, 0.2) is 0 Å². The molecule has 0 saturated carbocycles. The molecular formula is C16H19NO4. The van der Waals surface area contributed by atoms with Crippen LogP contribution < -0.4 is 0 Å². The molecule has 0 bridgehead atoms. The van der Waals surface area contributed by atoms with Crippen molar-refractivity contribution in [2.75, 3.05) is 13.2 Å². The van der Waals surface area contributed by atoms with Gasteiger partial charge in [-0.05, 0) is 44.5 Å². The third-order valence-corrected chi connectivity index (χ3v) is 3.24. The van der Waals surface area contributed by atoms with Crippen LogP contribution in [-0.2, 0) is 14.3 Å². The van der Waals surface area contributed by atoms with Gasteiger partial charge in [0.25, 0.3) is 0 Å². The summed E-state index contributed by atoms with van der Waals surface area (Å²) in [5.41, 5.74) is 0.299. The number of hydrogen-bond acceptors (Lipinski definition) is 5. The van der Waals surface area contributed by atoms with Gasteiger partial charge in [0, 0.05) is 0 Å². The second kappa shape index (κ2) is 7.44. The second-order valence-corrected chi connectivity index (χ2v) is 5.20. The first kappa shape index (κ1) is 16.7. The fourth-order valence-corrected chi connectivity index (χ4v) is 1.37. The molecule has 1 aromatic carbocycles. The number of benzene rings is 1. The van der Waals surface area contributed by atoms with E-state index in [0.29, 0.717) is 17.5 Å². The maximum Gasteiger partial charge on any atom is 0.338 e. The van der Waals surface area contributed by atoms with E-state index in [0.717, 1.165) is 0 Å². The van der Waals surface area contributed by atoms with Crippen LogP contribution in [0.1, 0.15) is 43.1 Å². The highest BCUT2D eigenvalue weighted by Crippen LogP contribution is 2.21. The van der Waals surface area contributed by atoms with Crippen molar-refractivity contribution < 1.29 is 19.1 Å². The zero-order chi connectivity index (χ0) is 15.9. The molecule has 0 heterocycles. The smallest absolute Gasteiger partial charge is 0.338 e. The van der Waals surface area contributed by atoms with E-state index in [1.807, 2.05) is 13.0 Å². The first-order valence-electron chi connectivity index (χ1n) is 6.75. The summed E-state index contributed by atoms with van der Waals surface area (Å²) in [5.74, 6) is -0.815. The maximum atomic E-state index is 11.7. The standard InChI is InChI=1S/C16H19NO4/c1-4-16(2,3)15(19)21-10-9-20-14(18)13-7-5-12(11-17)6-8-13/h5-8H,4,9-10H2,1-3H3. The summed E-state index contributed by atoms with van der Waals surface area (Å²) in [6.45, 7) is 5.55. The molecule has 0 amide bonds. The van der Waals surface area contributed by atoms with E-state index in [2.05, 4.69) is 0 Å². The maximum absolute atomic E-state index is 11.7. The van der Waals surface area contributed by atoms with Crippen LogP contribution in [0.3, 0.4) is 0 Å². The van der Waals surface area contributed by atoms with E-state index in [1.165, 1.54) is 12.1 Å². The van der Waals surface area contributed by atoms with Crippen molar-refractivity contribution in [1.29, 1.82) is 5.26 Å². The van der Waals surface area contributed by atoms with Gasteiger partial charge in [0.2, 0.25) is 0 Å². The lowest BCUT2D eigenvalue weighted by atomic mass is 9.91. The minimum absolute atomic E-state index is 0.00433. The number of rotatable bonds is 6. The van der Waals surface area contributed by atoms with Crippen LogP contribution in [0.5, 0.6) is 0 Å². The predicted octanol–water partition coefficient (Wildman–Crippen LogP) is 2.69. The molecule has 5 nitrogen and oxygen atoms in total. The molecule has 0 unspecified atom stereocenters. The zero-order valence-electron chi connectivity index (χ0n) is 12.5. The van der Waals surface area contributed by atoms with Crippen LogP contribution in [0.15, 0.2) is 24.3 Å². The lowest BCUT2D eigenvalue weighted by Crippen LogP contribution is -2.27. The molecule has 1 aromatic rings. The van der Waals surface area contributed by atoms with Crippen molar-refractivity contribution in [3.8, 4) is 6.07 Å². The Morgan fingerprint density at radius 3 is 2.24 bits per heavy atom. The first-order valence-corrected chi connectivity index (χ1v) is 6.75. The van der Waals surface area contributed by atoms with E-state index in [-0.39, 0.29) is 19.2 Å². The predicted molar refractivity (Wildman–Crippen MR) is 76.5 cm³/mol. The van der Waals surface area contributed by atoms with Crippen molar-refractivity contribution in [2.24, 2.45) is 5.41 Å². The fourth-order valence-electron chi connectivity index (χ4n) is 1.37. The highest BCUT2D eigenvalue weighted by Gasteiger charge is 2.26. The zero-order valence-corrected chi connectivity index (χ0v) is 12.5. The summed E-state index contributed by atoms with van der Waals surface area (Å²) in [6.07, 6.45) is 0.677. The highest BCUT2D eigenvalue weighted by atomic mass is 16.6. The van der Waals surface area contributed by atoms with Crippen LogP contribution in [0.25, 0.3) is 0 Å². The minimum Gasteiger partial charge on any atom is -0.462 e. The largest absolute Gasteiger partial charge is 0.462 e. The average Bonchev–Trinajstić information content (AvgIpc) is 2.51. The third-order valence-electron chi connectivity index (χ3n) is 3.24. The second-order valence-electron chi connectivity index (χ2n) is 5.20. The minimum atomic E-state index is -0.531. The van der Waals surface area contributed by atoms with Gasteiger partial charge in [-0.3, -0.25) is 4.79 Å². The molecule has 0 aromatic heterocycles. The molecule has 0 fully saturated rings. The molecule has 0 radical (unpaired) electrons. The van der Waals surface area contributed by atoms with Gasteiger partial charge in [-0.25, -0.2) is 4.79 Å². The Bertz CT molecular complexity index is 540. The Hall–Kier alpha value is -2.35. The summed E-state index contributed by atoms with van der Waals surface area (Å²) in [6, 6.07) is 8.09. The molecule has 0 aliphatic carbocycles. The van der Waals surface area contributed by atoms with Crippen LogP contribution >= 0.6 is 0 Å². The number of carbonyl (C=O) groups is 2. The molecule has 0 aliphatic rings. The molecule has 5 heteroatoms. The number of nitriles is 1. The van der Waals surface area contributed by atoms with Crippen LogP contribution in [-0.4, -0.2) is 25.2 Å². The number of carbonyl (C=O) groups excluding carboxylic acids is 2. The van der Waals surface area contributed by atoms with Gasteiger partial charge in [-0.2, -0.15) is 5.26 Å². The monoisotopic (exact) mass is 289 g/mol. The van der Waals surface area contributed by atoms with Gasteiger partial charge in [0.1, 0.15) is 13.2 Å². The summed E-state index contributed by atoms with van der Waals surface area (Å²) in [7, 11) is 0. The first-order chi connectivity index (χ1) is 9.90. The van der Waals surface area contributed by atoms with E-state index < -0.39 is 11.4 Å². The summed E-state index contributed by atoms with van der Waals surface area (Å²) in [4.78, 5) is 23.4. The van der Waals surface area contributed by atoms with Crippen LogP contribution in [0.4, 0.5) is 0 Å². The molecule has 112 valence electrons. The average molecular weight is 289 g/mol. The number of hydrogen-bond donors (Lipinski definition) is 0. The molecular weight excluding hydrogens is 270 g/mol. The van der Waals surface area contributed by atoms with Crippen molar-refractivity contribution in [1.82, 2.24) is 0 Å². The Morgan fingerprint density at radius 2 is 1.71 bits per heavy atom. The molecule has 0 aliphatic heterocycles. The van der Waals surface area contributed by atoms with Crippen LogP contribution in [0, 0.1) is 16.7 Å². The van der Waals surface area contributed by atoms with Crippen molar-refractivity contribution in [2.45, 2.75) is 27.2 Å². The lowest BCUT2D eigenvalue weighted by Gasteiger charge is -2.20. The SMILES string of the molecule is CCC(C)(C)C(=O)OCCOC(=O)c1ccc(C#N)cc1. The molecule has 1 rings (SSSR count). The molecule has 0 saturated heterocycles. The van der Waals surface area contributed by atoms with Gasteiger partial charge in [0.05, 0.1) is 22.6 Å². The highest BCUT2D eigenvalue weighted by molar-refractivity contribution is 5.89. The summed E-state index contributed by atoms with van der Waals surface area (Å²) < 4.78 is 10.1. The van der Waals surface area contributed by atoms with Crippen molar-refractivity contribution in [3.05, 3.63) is 35.4 Å². The van der Waals surface area contributed by atoms with Gasteiger partial charge >= 0.3 is 11.9 Å². The number of nitrogens with zero attached hydrogens (tertiary/aromatic N) is 1. The van der Waals surface area contributed by atoms with Crippen LogP contribution in [0.2, 0.25) is 0 Å². The van der Waals surface area contributed by atoms with Gasteiger partial charge in [-0.15, -0.1) is 0 Å². The Morgan fingerprint density at radius 1 is 1.14 bits per heavy atom. The fraction of sp³-hybridized carbons (Fsp3) is 0.438. The topological polar surface area (TPSA) is 76.4 Å². The van der Waals surface area contributed by atoms with Crippen molar-refractivity contribution in [3.63, 3.8) is 0 Å². The third kappa shape index (κ3) is 4.92. The Labute approximate surface area is 124 Å². The molecule has 21 heavy (non-hydrogen) atoms. The molecule has 0 spiro atoms. The summed E-state index contributed by atoms with van der Waals surface area (Å²) in [5, 5.41) is 8.66. The molecule has 0 atom stereocenters. The lowest BCUT2D eigenvalue weighted by molar-refractivity contribution is -0.155. The van der Waals surface area contributed by atoms with Gasteiger partial charge < -0.3 is 9.47 Å². The number of esters is 2. The van der Waals surface area contributed by atoms with Crippen molar-refractivity contribution >= 4 is 11.9 Å². The normalized spacial score (nSPS) is 10.6. The quantitative estimate of drug-likeness (QED) is 0.594.